The van der Waals surface area contributed by atoms with Crippen molar-refractivity contribution in [3.05, 3.63) is 28.2 Å². The SMILES string of the molecule is O=C(Nc1c(Cl)cccc1Cl)C(F)(OC(F)(F)C(F)(F)C(F)(F)F)C(F)(F)F. The molecular formula is C12H4Cl2F11NO2. The number of hydrogen-bond acceptors (Lipinski definition) is 2. The average molecular weight is 474 g/mol. The van der Waals surface area contributed by atoms with Crippen LogP contribution in [0.15, 0.2) is 18.2 Å². The van der Waals surface area contributed by atoms with Gasteiger partial charge in [-0.3, -0.25) is 9.53 Å². The zero-order valence-electron chi connectivity index (χ0n) is 12.5. The van der Waals surface area contributed by atoms with Crippen LogP contribution in [0.5, 0.6) is 0 Å². The average Bonchev–Trinajstić information content (AvgIpc) is 2.47. The maximum atomic E-state index is 14.0. The first-order chi connectivity index (χ1) is 12.3. The molecule has 1 unspecified atom stereocenters. The summed E-state index contributed by atoms with van der Waals surface area (Å²) in [6.07, 6.45) is -21.1. The number of carbonyl (C=O) groups excluding carboxylic acids is 1. The summed E-state index contributed by atoms with van der Waals surface area (Å²) < 4.78 is 142. The number of amides is 1. The lowest BCUT2D eigenvalue weighted by Crippen LogP contribution is -2.62. The molecule has 16 heteroatoms. The number of benzene rings is 1. The summed E-state index contributed by atoms with van der Waals surface area (Å²) in [5, 5.41) is -0.354. The van der Waals surface area contributed by atoms with E-state index >= 15 is 0 Å². The largest absolute Gasteiger partial charge is 0.462 e. The monoisotopic (exact) mass is 473 g/mol. The number of nitrogens with one attached hydrogen (secondary N) is 1. The quantitative estimate of drug-likeness (QED) is 0.535. The van der Waals surface area contributed by atoms with Crippen molar-refractivity contribution < 1.29 is 57.8 Å². The molecule has 3 nitrogen and oxygen atoms in total. The molecule has 0 aromatic heterocycles. The molecular weight excluding hydrogens is 470 g/mol. The van der Waals surface area contributed by atoms with E-state index in [0.717, 1.165) is 23.5 Å². The van der Waals surface area contributed by atoms with Crippen LogP contribution < -0.4 is 5.32 Å². The van der Waals surface area contributed by atoms with Crippen LogP contribution in [0.2, 0.25) is 10.0 Å². The first kappa shape index (κ1) is 24.5. The Hall–Kier alpha value is -1.54. The fourth-order valence-electron chi connectivity index (χ4n) is 1.45. The number of para-hydroxylation sites is 1. The predicted octanol–water partition coefficient (Wildman–Crippen LogP) is 5.97. The van der Waals surface area contributed by atoms with E-state index in [1.165, 1.54) is 0 Å². The minimum Gasteiger partial charge on any atom is -0.318 e. The molecule has 0 heterocycles. The zero-order valence-corrected chi connectivity index (χ0v) is 14.0. The molecule has 0 fully saturated rings. The van der Waals surface area contributed by atoms with Gasteiger partial charge in [0.25, 0.3) is 5.91 Å². The molecule has 0 saturated carbocycles. The minimum absolute atomic E-state index is 0.655. The minimum atomic E-state index is -7.29. The Morgan fingerprint density at radius 3 is 1.61 bits per heavy atom. The smallest absolute Gasteiger partial charge is 0.318 e. The molecule has 160 valence electrons. The number of halogens is 13. The van der Waals surface area contributed by atoms with Crippen LogP contribution in [0.25, 0.3) is 0 Å². The molecule has 0 spiro atoms. The van der Waals surface area contributed by atoms with Gasteiger partial charge in [0.05, 0.1) is 15.7 Å². The van der Waals surface area contributed by atoms with Gasteiger partial charge in [-0.1, -0.05) is 29.3 Å². The van der Waals surface area contributed by atoms with Crippen LogP contribution in [0.4, 0.5) is 54.0 Å². The molecule has 0 radical (unpaired) electrons. The highest BCUT2D eigenvalue weighted by molar-refractivity contribution is 6.39. The molecule has 1 aromatic carbocycles. The lowest BCUT2D eigenvalue weighted by Gasteiger charge is -2.34. The molecule has 1 N–H and O–H groups in total. The molecule has 0 bridgehead atoms. The van der Waals surface area contributed by atoms with Crippen molar-refractivity contribution in [3.8, 4) is 0 Å². The van der Waals surface area contributed by atoms with E-state index < -0.39 is 51.9 Å². The van der Waals surface area contributed by atoms with Crippen LogP contribution >= 0.6 is 23.2 Å². The Morgan fingerprint density at radius 1 is 0.821 bits per heavy atom. The van der Waals surface area contributed by atoms with E-state index in [4.69, 9.17) is 23.2 Å². The lowest BCUT2D eigenvalue weighted by molar-refractivity contribution is -0.472. The second-order valence-electron chi connectivity index (χ2n) is 4.83. The van der Waals surface area contributed by atoms with Crippen LogP contribution in [-0.4, -0.2) is 36.1 Å². The lowest BCUT2D eigenvalue weighted by atomic mass is 10.2. The Kier molecular flexibility index (Phi) is 6.45. The third kappa shape index (κ3) is 4.38. The van der Waals surface area contributed by atoms with E-state index in [-0.39, 0.29) is 0 Å². The van der Waals surface area contributed by atoms with Crippen LogP contribution in [0.1, 0.15) is 0 Å². The standard InChI is InChI=1S/C12H4Cl2F11NO2/c13-4-2-1-3-5(14)6(4)26-7(27)8(15,10(18,19)20)28-12(24,25)9(16,17)11(21,22)23/h1-3H,(H,26,27). The molecule has 0 saturated heterocycles. The van der Waals surface area contributed by atoms with Gasteiger partial charge in [0.2, 0.25) is 0 Å². The number of anilines is 1. The second kappa shape index (κ2) is 7.37. The van der Waals surface area contributed by atoms with Gasteiger partial charge in [-0.2, -0.15) is 48.3 Å². The van der Waals surface area contributed by atoms with E-state index in [1.54, 1.807) is 0 Å². The summed E-state index contributed by atoms with van der Waals surface area (Å²) in [6.45, 7) is 0. The highest BCUT2D eigenvalue weighted by atomic mass is 35.5. The van der Waals surface area contributed by atoms with E-state index in [2.05, 4.69) is 4.74 Å². The summed E-state index contributed by atoms with van der Waals surface area (Å²) in [4.78, 5) is 11.5. The van der Waals surface area contributed by atoms with Crippen molar-refractivity contribution >= 4 is 34.8 Å². The predicted molar refractivity (Wildman–Crippen MR) is 72.0 cm³/mol. The topological polar surface area (TPSA) is 38.3 Å². The molecule has 1 amide bonds. The highest BCUT2D eigenvalue weighted by Gasteiger charge is 2.79. The van der Waals surface area contributed by atoms with Gasteiger partial charge in [-0.25, -0.2) is 0 Å². The molecule has 0 aliphatic rings. The van der Waals surface area contributed by atoms with Gasteiger partial charge in [0.1, 0.15) is 0 Å². The number of alkyl halides is 11. The summed E-state index contributed by atoms with van der Waals surface area (Å²) in [6, 6.07) is 2.84. The third-order valence-corrected chi connectivity index (χ3v) is 3.48. The first-order valence-corrected chi connectivity index (χ1v) is 7.07. The molecule has 1 atom stereocenters. The Morgan fingerprint density at radius 2 is 1.25 bits per heavy atom. The van der Waals surface area contributed by atoms with Crippen LogP contribution in [-0.2, 0) is 9.53 Å². The van der Waals surface area contributed by atoms with E-state index in [1.807, 2.05) is 0 Å². The molecule has 1 rings (SSSR count). The fraction of sp³-hybridized carbons (Fsp3) is 0.417. The highest BCUT2D eigenvalue weighted by Crippen LogP contribution is 2.51. The van der Waals surface area contributed by atoms with Crippen molar-refractivity contribution in [2.24, 2.45) is 0 Å². The first-order valence-electron chi connectivity index (χ1n) is 6.31. The van der Waals surface area contributed by atoms with Gasteiger partial charge < -0.3 is 5.32 Å². The summed E-state index contributed by atoms with van der Waals surface area (Å²) in [5.41, 5.74) is -0.989. The number of rotatable bonds is 5. The number of hydrogen-bond donors (Lipinski definition) is 1. The van der Waals surface area contributed by atoms with Gasteiger partial charge in [0.15, 0.2) is 0 Å². The number of carbonyl (C=O) groups is 1. The third-order valence-electron chi connectivity index (χ3n) is 2.85. The van der Waals surface area contributed by atoms with Crippen molar-refractivity contribution in [2.75, 3.05) is 5.32 Å². The van der Waals surface area contributed by atoms with Crippen LogP contribution in [0, 0.1) is 0 Å². The Labute approximate surface area is 157 Å². The van der Waals surface area contributed by atoms with Crippen LogP contribution in [0.3, 0.4) is 0 Å². The van der Waals surface area contributed by atoms with Crippen molar-refractivity contribution in [3.63, 3.8) is 0 Å². The summed E-state index contributed by atoms with van der Waals surface area (Å²) in [7, 11) is 0. The molecule has 0 aliphatic heterocycles. The zero-order chi connectivity index (χ0) is 22.3. The normalized spacial score (nSPS) is 15.9. The van der Waals surface area contributed by atoms with Gasteiger partial charge in [-0.15, -0.1) is 0 Å². The number of ether oxygens (including phenoxy) is 1. The van der Waals surface area contributed by atoms with Gasteiger partial charge in [0, 0.05) is 0 Å². The maximum Gasteiger partial charge on any atom is 0.462 e. The van der Waals surface area contributed by atoms with Crippen molar-refractivity contribution in [2.45, 2.75) is 30.2 Å². The fourth-order valence-corrected chi connectivity index (χ4v) is 1.94. The van der Waals surface area contributed by atoms with Crippen molar-refractivity contribution in [1.82, 2.24) is 0 Å². The summed E-state index contributed by atoms with van der Waals surface area (Å²) in [5.74, 6) is -16.9. The Bertz CT molecular complexity index is 730. The molecule has 0 aliphatic carbocycles. The summed E-state index contributed by atoms with van der Waals surface area (Å²) >= 11 is 10.9. The maximum absolute atomic E-state index is 14.0. The molecule has 1 aromatic rings. The molecule has 28 heavy (non-hydrogen) atoms. The van der Waals surface area contributed by atoms with Crippen molar-refractivity contribution in [1.29, 1.82) is 0 Å². The van der Waals surface area contributed by atoms with E-state index in [9.17, 15) is 53.1 Å². The van der Waals surface area contributed by atoms with Gasteiger partial charge >= 0.3 is 30.2 Å². The Balaban J connectivity index is 3.39. The van der Waals surface area contributed by atoms with E-state index in [0.29, 0.717) is 0 Å². The van der Waals surface area contributed by atoms with Gasteiger partial charge in [-0.05, 0) is 12.1 Å². The second-order valence-corrected chi connectivity index (χ2v) is 5.65.